The number of nitrogens with zero attached hydrogens (tertiary/aromatic N) is 1. The summed E-state index contributed by atoms with van der Waals surface area (Å²) < 4.78 is 62.9. The molecule has 20 heavy (non-hydrogen) atoms. The quantitative estimate of drug-likeness (QED) is 0.624. The van der Waals surface area contributed by atoms with E-state index in [0.29, 0.717) is 18.3 Å². The predicted molar refractivity (Wildman–Crippen MR) is 59.0 cm³/mol. The Bertz CT molecular complexity index is 629. The number of hydrogen-bond donors (Lipinski definition) is 0. The summed E-state index contributed by atoms with van der Waals surface area (Å²) in [4.78, 5) is 15.2. The average Bonchev–Trinajstić information content (AvgIpc) is 2.36. The van der Waals surface area contributed by atoms with E-state index in [1.165, 1.54) is 0 Å². The fraction of sp³-hybridized carbons (Fsp3) is 0.0769. The van der Waals surface area contributed by atoms with Crippen LogP contribution in [0.2, 0.25) is 0 Å². The van der Waals surface area contributed by atoms with Gasteiger partial charge in [-0.25, -0.2) is 8.78 Å². The molecule has 0 amide bonds. The number of hydrogen-bond acceptors (Lipinski definition) is 2. The maximum absolute atomic E-state index is 13.0. The monoisotopic (exact) mass is 287 g/mol. The molecule has 2 rings (SSSR count). The highest BCUT2D eigenvalue weighted by atomic mass is 19.4. The van der Waals surface area contributed by atoms with E-state index in [0.717, 1.165) is 18.2 Å². The highest BCUT2D eigenvalue weighted by Gasteiger charge is 2.31. The van der Waals surface area contributed by atoms with Gasteiger partial charge in [0.05, 0.1) is 5.56 Å². The van der Waals surface area contributed by atoms with Gasteiger partial charge in [0.1, 0.15) is 17.3 Å². The van der Waals surface area contributed by atoms with Gasteiger partial charge in [0.15, 0.2) is 0 Å². The van der Waals surface area contributed by atoms with Crippen molar-refractivity contribution in [2.24, 2.45) is 0 Å². The molecule has 0 unspecified atom stereocenters. The summed E-state index contributed by atoms with van der Waals surface area (Å²) in [5, 5.41) is 0. The molecule has 1 heterocycles. The molecule has 1 aromatic carbocycles. The van der Waals surface area contributed by atoms with Crippen LogP contribution in [0.1, 0.15) is 21.6 Å². The van der Waals surface area contributed by atoms with Gasteiger partial charge in [-0.3, -0.25) is 9.78 Å². The first-order chi connectivity index (χ1) is 9.27. The molecule has 0 aliphatic rings. The van der Waals surface area contributed by atoms with E-state index in [1.807, 2.05) is 0 Å². The summed E-state index contributed by atoms with van der Waals surface area (Å²) >= 11 is 0. The van der Waals surface area contributed by atoms with Gasteiger partial charge in [0.2, 0.25) is 5.78 Å². The van der Waals surface area contributed by atoms with E-state index in [9.17, 15) is 26.7 Å². The number of halogens is 5. The first-order valence-electron chi connectivity index (χ1n) is 5.31. The minimum Gasteiger partial charge on any atom is -0.287 e. The summed E-state index contributed by atoms with van der Waals surface area (Å²) in [6.45, 7) is 0. The molecule has 0 aliphatic carbocycles. The van der Waals surface area contributed by atoms with Gasteiger partial charge < -0.3 is 0 Å². The number of alkyl halides is 3. The molecule has 2 aromatic rings. The minimum absolute atomic E-state index is 0.324. The zero-order valence-electron chi connectivity index (χ0n) is 9.71. The van der Waals surface area contributed by atoms with Crippen LogP contribution in [0, 0.1) is 11.6 Å². The maximum Gasteiger partial charge on any atom is 0.417 e. The first kappa shape index (κ1) is 14.1. The third kappa shape index (κ3) is 2.98. The molecule has 0 aliphatic heterocycles. The van der Waals surface area contributed by atoms with E-state index in [1.54, 1.807) is 0 Å². The molecule has 0 spiro atoms. The molecule has 0 fully saturated rings. The van der Waals surface area contributed by atoms with Crippen molar-refractivity contribution in [3.05, 3.63) is 65.0 Å². The number of pyridine rings is 1. The molecule has 104 valence electrons. The Morgan fingerprint density at radius 3 is 2.05 bits per heavy atom. The summed E-state index contributed by atoms with van der Waals surface area (Å²) in [5.41, 5.74) is -1.67. The van der Waals surface area contributed by atoms with Gasteiger partial charge in [0.25, 0.3) is 0 Å². The van der Waals surface area contributed by atoms with Crippen molar-refractivity contribution in [1.29, 1.82) is 0 Å². The highest BCUT2D eigenvalue weighted by Crippen LogP contribution is 2.28. The van der Waals surface area contributed by atoms with Crippen molar-refractivity contribution in [1.82, 2.24) is 4.98 Å². The van der Waals surface area contributed by atoms with Gasteiger partial charge >= 0.3 is 6.18 Å². The van der Waals surface area contributed by atoms with E-state index >= 15 is 0 Å². The molecule has 2 nitrogen and oxygen atoms in total. The largest absolute Gasteiger partial charge is 0.417 e. The molecule has 0 saturated carbocycles. The van der Waals surface area contributed by atoms with E-state index < -0.39 is 29.2 Å². The standard InChI is InChI=1S/C13H6F5NO/c14-9-3-7(4-10(15)5-9)12(20)11-2-1-8(6-19-11)13(16,17)18/h1-6H. The second-order valence-corrected chi connectivity index (χ2v) is 3.92. The van der Waals surface area contributed by atoms with Crippen LogP contribution in [0.4, 0.5) is 22.0 Å². The van der Waals surface area contributed by atoms with Crippen LogP contribution >= 0.6 is 0 Å². The lowest BCUT2D eigenvalue weighted by atomic mass is 10.1. The van der Waals surface area contributed by atoms with Gasteiger partial charge in [-0.2, -0.15) is 13.2 Å². The smallest absolute Gasteiger partial charge is 0.287 e. The van der Waals surface area contributed by atoms with E-state index in [-0.39, 0.29) is 11.3 Å². The molecule has 0 atom stereocenters. The normalized spacial score (nSPS) is 11.4. The fourth-order valence-corrected chi connectivity index (χ4v) is 1.53. The van der Waals surface area contributed by atoms with Crippen molar-refractivity contribution in [3.8, 4) is 0 Å². The van der Waals surface area contributed by atoms with Crippen LogP contribution in [-0.4, -0.2) is 10.8 Å². The van der Waals surface area contributed by atoms with Crippen LogP contribution in [0.5, 0.6) is 0 Å². The van der Waals surface area contributed by atoms with Crippen molar-refractivity contribution in [2.75, 3.05) is 0 Å². The molecule has 0 bridgehead atoms. The summed E-state index contributed by atoms with van der Waals surface area (Å²) in [7, 11) is 0. The number of rotatable bonds is 2. The lowest BCUT2D eigenvalue weighted by Crippen LogP contribution is -2.09. The average molecular weight is 287 g/mol. The van der Waals surface area contributed by atoms with E-state index in [2.05, 4.69) is 4.98 Å². The zero-order chi connectivity index (χ0) is 14.9. The molecule has 0 saturated heterocycles. The second kappa shape index (κ2) is 4.99. The number of aromatic nitrogens is 1. The summed E-state index contributed by atoms with van der Waals surface area (Å²) in [6.07, 6.45) is -4.08. The molecule has 1 aromatic heterocycles. The summed E-state index contributed by atoms with van der Waals surface area (Å²) in [5.74, 6) is -2.78. The molecule has 7 heteroatoms. The Kier molecular flexibility index (Phi) is 3.52. The summed E-state index contributed by atoms with van der Waals surface area (Å²) in [6, 6.07) is 3.68. The Morgan fingerprint density at radius 1 is 1.00 bits per heavy atom. The van der Waals surface area contributed by atoms with Crippen LogP contribution in [-0.2, 0) is 6.18 Å². The van der Waals surface area contributed by atoms with Crippen molar-refractivity contribution < 1.29 is 26.7 Å². The third-order valence-electron chi connectivity index (χ3n) is 2.45. The first-order valence-corrected chi connectivity index (χ1v) is 5.31. The SMILES string of the molecule is O=C(c1cc(F)cc(F)c1)c1ccc(C(F)(F)F)cn1. The maximum atomic E-state index is 13.0. The number of ketones is 1. The van der Waals surface area contributed by atoms with Crippen molar-refractivity contribution in [3.63, 3.8) is 0 Å². The number of carbonyl (C=O) groups excluding carboxylic acids is 1. The number of carbonyl (C=O) groups is 1. The minimum atomic E-state index is -4.57. The number of benzene rings is 1. The fourth-order valence-electron chi connectivity index (χ4n) is 1.53. The van der Waals surface area contributed by atoms with Crippen LogP contribution in [0.3, 0.4) is 0 Å². The lowest BCUT2D eigenvalue weighted by molar-refractivity contribution is -0.137. The molecular weight excluding hydrogens is 281 g/mol. The Morgan fingerprint density at radius 2 is 1.60 bits per heavy atom. The van der Waals surface area contributed by atoms with Crippen LogP contribution < -0.4 is 0 Å². The van der Waals surface area contributed by atoms with Crippen molar-refractivity contribution in [2.45, 2.75) is 6.18 Å². The molecule has 0 radical (unpaired) electrons. The van der Waals surface area contributed by atoms with E-state index in [4.69, 9.17) is 0 Å². The lowest BCUT2D eigenvalue weighted by Gasteiger charge is -2.06. The zero-order valence-corrected chi connectivity index (χ0v) is 9.71. The molecule has 0 N–H and O–H groups in total. The Balaban J connectivity index is 2.34. The Labute approximate surface area is 109 Å². The molecular formula is C13H6F5NO. The van der Waals surface area contributed by atoms with Crippen LogP contribution in [0.15, 0.2) is 36.5 Å². The third-order valence-corrected chi connectivity index (χ3v) is 2.45. The van der Waals surface area contributed by atoms with Gasteiger partial charge in [-0.1, -0.05) is 0 Å². The van der Waals surface area contributed by atoms with Crippen molar-refractivity contribution >= 4 is 5.78 Å². The van der Waals surface area contributed by atoms with Gasteiger partial charge in [-0.15, -0.1) is 0 Å². The topological polar surface area (TPSA) is 30.0 Å². The van der Waals surface area contributed by atoms with Gasteiger partial charge in [-0.05, 0) is 24.3 Å². The predicted octanol–water partition coefficient (Wildman–Crippen LogP) is 3.61. The van der Waals surface area contributed by atoms with Crippen LogP contribution in [0.25, 0.3) is 0 Å². The second-order valence-electron chi connectivity index (χ2n) is 3.92. The highest BCUT2D eigenvalue weighted by molar-refractivity contribution is 6.07. The van der Waals surface area contributed by atoms with Gasteiger partial charge in [0, 0.05) is 17.8 Å². The Hall–Kier alpha value is -2.31.